The number of rotatable bonds is 8. The highest BCUT2D eigenvalue weighted by molar-refractivity contribution is 5.79. The van der Waals surface area contributed by atoms with Crippen LogP contribution in [0.15, 0.2) is 29.3 Å². The van der Waals surface area contributed by atoms with Gasteiger partial charge in [0.05, 0.1) is 13.2 Å². The maximum absolute atomic E-state index is 5.32. The molecule has 2 aliphatic rings. The van der Waals surface area contributed by atoms with E-state index in [1.54, 1.807) is 7.11 Å². The number of hydrogen-bond acceptors (Lipinski definition) is 4. The largest absolute Gasteiger partial charge is 0.497 e. The molecule has 2 fully saturated rings. The van der Waals surface area contributed by atoms with E-state index < -0.39 is 0 Å². The number of guanidine groups is 1. The number of aliphatic imine (C=N–C) groups is 1. The van der Waals surface area contributed by atoms with Gasteiger partial charge in [0.15, 0.2) is 5.96 Å². The number of methoxy groups -OCH3 is 1. The second-order valence-electron chi connectivity index (χ2n) is 7.91. The minimum absolute atomic E-state index is 0.356. The zero-order valence-corrected chi connectivity index (χ0v) is 17.8. The van der Waals surface area contributed by atoms with E-state index in [0.717, 1.165) is 37.3 Å². The van der Waals surface area contributed by atoms with E-state index in [1.807, 2.05) is 7.05 Å². The predicted molar refractivity (Wildman–Crippen MR) is 116 cm³/mol. The van der Waals surface area contributed by atoms with Crippen molar-refractivity contribution in [1.82, 2.24) is 20.4 Å². The summed E-state index contributed by atoms with van der Waals surface area (Å²) in [5.41, 5.74) is 1.33. The molecule has 2 N–H and O–H groups in total. The number of nitrogens with zero attached hydrogens (tertiary/aromatic N) is 3. The van der Waals surface area contributed by atoms with Crippen LogP contribution in [0.25, 0.3) is 0 Å². The van der Waals surface area contributed by atoms with E-state index in [0.29, 0.717) is 6.04 Å². The molecule has 0 amide bonds. The zero-order chi connectivity index (χ0) is 19.8. The van der Waals surface area contributed by atoms with Crippen LogP contribution in [-0.2, 0) is 0 Å². The van der Waals surface area contributed by atoms with Crippen LogP contribution in [0.2, 0.25) is 0 Å². The lowest BCUT2D eigenvalue weighted by Crippen LogP contribution is -2.44. The summed E-state index contributed by atoms with van der Waals surface area (Å²) in [4.78, 5) is 9.56. The summed E-state index contributed by atoms with van der Waals surface area (Å²) in [6, 6.07) is 8.86. The summed E-state index contributed by atoms with van der Waals surface area (Å²) in [7, 11) is 3.58. The van der Waals surface area contributed by atoms with Crippen molar-refractivity contribution in [2.75, 3.05) is 60.0 Å². The summed E-state index contributed by atoms with van der Waals surface area (Å²) >= 11 is 0. The van der Waals surface area contributed by atoms with E-state index in [1.165, 1.54) is 51.0 Å². The van der Waals surface area contributed by atoms with Gasteiger partial charge in [-0.1, -0.05) is 19.1 Å². The molecule has 2 saturated heterocycles. The molecule has 3 rings (SSSR count). The molecule has 0 bridgehead atoms. The lowest BCUT2D eigenvalue weighted by Gasteiger charge is -2.29. The molecule has 28 heavy (non-hydrogen) atoms. The molecule has 0 aromatic heterocycles. The third kappa shape index (κ3) is 5.61. The van der Waals surface area contributed by atoms with Crippen molar-refractivity contribution >= 4 is 5.96 Å². The number of ether oxygens (including phenoxy) is 1. The van der Waals surface area contributed by atoms with Crippen molar-refractivity contribution in [3.05, 3.63) is 29.8 Å². The van der Waals surface area contributed by atoms with Crippen LogP contribution in [0.3, 0.4) is 0 Å². The van der Waals surface area contributed by atoms with Crippen LogP contribution in [0.4, 0.5) is 0 Å². The molecule has 6 nitrogen and oxygen atoms in total. The predicted octanol–water partition coefficient (Wildman–Crippen LogP) is 2.34. The van der Waals surface area contributed by atoms with Gasteiger partial charge in [-0.05, 0) is 69.1 Å². The lowest BCUT2D eigenvalue weighted by atomic mass is 10.1. The van der Waals surface area contributed by atoms with Gasteiger partial charge in [-0.3, -0.25) is 9.89 Å². The molecule has 2 aliphatic heterocycles. The van der Waals surface area contributed by atoms with E-state index in [9.17, 15) is 0 Å². The molecule has 2 atom stereocenters. The first-order chi connectivity index (χ1) is 13.7. The quantitative estimate of drug-likeness (QED) is 0.530. The van der Waals surface area contributed by atoms with Gasteiger partial charge in [0, 0.05) is 26.7 Å². The average molecular weight is 388 g/mol. The number of nitrogens with one attached hydrogen (secondary N) is 2. The van der Waals surface area contributed by atoms with E-state index in [-0.39, 0.29) is 0 Å². The summed E-state index contributed by atoms with van der Waals surface area (Å²) in [5.74, 6) is 2.54. The molecule has 1 aromatic rings. The normalized spacial score (nSPS) is 22.4. The van der Waals surface area contributed by atoms with Crippen molar-refractivity contribution in [2.24, 2.45) is 10.9 Å². The number of benzene rings is 1. The highest BCUT2D eigenvalue weighted by Gasteiger charge is 2.24. The summed E-state index contributed by atoms with van der Waals surface area (Å²) in [5, 5.41) is 7.12. The van der Waals surface area contributed by atoms with Crippen molar-refractivity contribution in [2.45, 2.75) is 32.2 Å². The Kier molecular flexibility index (Phi) is 7.98. The lowest BCUT2D eigenvalue weighted by molar-refractivity contribution is 0.245. The van der Waals surface area contributed by atoms with Gasteiger partial charge < -0.3 is 20.3 Å². The molecule has 156 valence electrons. The topological polar surface area (TPSA) is 52.1 Å². The van der Waals surface area contributed by atoms with Gasteiger partial charge in [-0.15, -0.1) is 0 Å². The van der Waals surface area contributed by atoms with Crippen LogP contribution in [-0.4, -0.2) is 75.7 Å². The van der Waals surface area contributed by atoms with Gasteiger partial charge in [0.25, 0.3) is 0 Å². The van der Waals surface area contributed by atoms with Gasteiger partial charge in [-0.25, -0.2) is 0 Å². The highest BCUT2D eigenvalue weighted by atomic mass is 16.5. The fraction of sp³-hybridized carbons (Fsp3) is 0.682. The molecule has 2 unspecified atom stereocenters. The molecule has 0 saturated carbocycles. The van der Waals surface area contributed by atoms with Crippen LogP contribution >= 0.6 is 0 Å². The zero-order valence-electron chi connectivity index (χ0n) is 17.8. The molecular weight excluding hydrogens is 350 g/mol. The summed E-state index contributed by atoms with van der Waals surface area (Å²) < 4.78 is 5.32. The summed E-state index contributed by atoms with van der Waals surface area (Å²) in [6.07, 6.45) is 3.85. The molecule has 1 aromatic carbocycles. The Morgan fingerprint density at radius 3 is 2.54 bits per heavy atom. The molecular formula is C22H37N5O. The van der Waals surface area contributed by atoms with Gasteiger partial charge in [0.2, 0.25) is 0 Å². The van der Waals surface area contributed by atoms with E-state index in [2.05, 4.69) is 56.6 Å². The van der Waals surface area contributed by atoms with Crippen molar-refractivity contribution in [3.63, 3.8) is 0 Å². The van der Waals surface area contributed by atoms with Crippen LogP contribution < -0.4 is 15.4 Å². The van der Waals surface area contributed by atoms with Crippen molar-refractivity contribution < 1.29 is 4.74 Å². The van der Waals surface area contributed by atoms with E-state index >= 15 is 0 Å². The Bertz CT molecular complexity index is 612. The molecule has 0 spiro atoms. The SMILES string of the molecule is CCN1CCC(CNC(=NC)NCC(c2ccc(OC)cc2)N2CCCC2)C1. The first-order valence-electron chi connectivity index (χ1n) is 10.8. The first kappa shape index (κ1) is 20.9. The van der Waals surface area contributed by atoms with Crippen LogP contribution in [0.5, 0.6) is 5.75 Å². The Morgan fingerprint density at radius 2 is 1.93 bits per heavy atom. The van der Waals surface area contributed by atoms with Crippen LogP contribution in [0, 0.1) is 5.92 Å². The standard InChI is InChI=1S/C22H37N5O/c1-4-26-14-11-18(17-26)15-24-22(23-2)25-16-21(27-12-5-6-13-27)19-7-9-20(28-3)10-8-19/h7-10,18,21H,4-6,11-17H2,1-3H3,(H2,23,24,25). The van der Waals surface area contributed by atoms with Gasteiger partial charge in [-0.2, -0.15) is 0 Å². The Hall–Kier alpha value is -1.79. The monoisotopic (exact) mass is 387 g/mol. The van der Waals surface area contributed by atoms with E-state index in [4.69, 9.17) is 4.74 Å². The van der Waals surface area contributed by atoms with Gasteiger partial charge in [0.1, 0.15) is 5.75 Å². The van der Waals surface area contributed by atoms with Gasteiger partial charge >= 0.3 is 0 Å². The second-order valence-corrected chi connectivity index (χ2v) is 7.91. The first-order valence-corrected chi connectivity index (χ1v) is 10.8. The molecule has 0 aliphatic carbocycles. The fourth-order valence-electron chi connectivity index (χ4n) is 4.36. The minimum Gasteiger partial charge on any atom is -0.497 e. The Labute approximate surface area is 170 Å². The second kappa shape index (κ2) is 10.7. The highest BCUT2D eigenvalue weighted by Crippen LogP contribution is 2.26. The fourth-order valence-corrected chi connectivity index (χ4v) is 4.36. The van der Waals surface area contributed by atoms with Crippen molar-refractivity contribution in [3.8, 4) is 5.75 Å². The summed E-state index contributed by atoms with van der Waals surface area (Å²) in [6.45, 7) is 10.0. The maximum atomic E-state index is 5.32. The number of hydrogen-bond donors (Lipinski definition) is 2. The third-order valence-electron chi connectivity index (χ3n) is 6.14. The Morgan fingerprint density at radius 1 is 1.18 bits per heavy atom. The maximum Gasteiger partial charge on any atom is 0.191 e. The molecule has 0 radical (unpaired) electrons. The third-order valence-corrected chi connectivity index (χ3v) is 6.14. The number of likely N-dealkylation sites (tertiary alicyclic amines) is 2. The molecule has 6 heteroatoms. The molecule has 2 heterocycles. The average Bonchev–Trinajstić information content (AvgIpc) is 3.43. The smallest absolute Gasteiger partial charge is 0.191 e. The van der Waals surface area contributed by atoms with Crippen LogP contribution in [0.1, 0.15) is 37.8 Å². The minimum atomic E-state index is 0.356. The Balaban J connectivity index is 1.55. The van der Waals surface area contributed by atoms with Crippen molar-refractivity contribution in [1.29, 1.82) is 0 Å².